The van der Waals surface area contributed by atoms with E-state index < -0.39 is 0 Å². The summed E-state index contributed by atoms with van der Waals surface area (Å²) in [5, 5.41) is 7.59. The maximum atomic E-state index is 5.26. The lowest BCUT2D eigenvalue weighted by Gasteiger charge is -2.10. The van der Waals surface area contributed by atoms with Gasteiger partial charge in [-0.15, -0.1) is 6.58 Å². The third kappa shape index (κ3) is 4.55. The molecule has 0 radical (unpaired) electrons. The van der Waals surface area contributed by atoms with E-state index in [4.69, 9.17) is 21.7 Å². The van der Waals surface area contributed by atoms with E-state index >= 15 is 0 Å². The van der Waals surface area contributed by atoms with Crippen molar-refractivity contribution < 1.29 is 9.47 Å². The number of rotatable bonds is 6. The molecule has 0 fully saturated rings. The van der Waals surface area contributed by atoms with Gasteiger partial charge in [0.1, 0.15) is 0 Å². The zero-order chi connectivity index (χ0) is 15.0. The summed E-state index contributed by atoms with van der Waals surface area (Å²) in [4.78, 5) is 0. The van der Waals surface area contributed by atoms with Crippen molar-refractivity contribution in [3.8, 4) is 11.5 Å². The van der Waals surface area contributed by atoms with Crippen LogP contribution in [0.25, 0.3) is 0 Å². The average molecular weight is 293 g/mol. The van der Waals surface area contributed by atoms with Crippen molar-refractivity contribution in [2.75, 3.05) is 20.8 Å². The highest BCUT2D eigenvalue weighted by atomic mass is 32.1. The highest BCUT2D eigenvalue weighted by Gasteiger charge is 2.06. The molecule has 0 spiro atoms. The average Bonchev–Trinajstić information content (AvgIpc) is 2.49. The number of hydrazone groups is 1. The van der Waals surface area contributed by atoms with Crippen LogP contribution in [0.2, 0.25) is 0 Å². The van der Waals surface area contributed by atoms with Gasteiger partial charge in [0.25, 0.3) is 0 Å². The topological polar surface area (TPSA) is 54.9 Å². The largest absolute Gasteiger partial charge is 0.493 e. The predicted octanol–water partition coefficient (Wildman–Crippen LogP) is 2.08. The van der Waals surface area contributed by atoms with Gasteiger partial charge in [-0.2, -0.15) is 5.10 Å². The molecule has 0 amide bonds. The van der Waals surface area contributed by atoms with Gasteiger partial charge in [-0.1, -0.05) is 6.08 Å². The minimum Gasteiger partial charge on any atom is -0.493 e. The summed E-state index contributed by atoms with van der Waals surface area (Å²) in [6.07, 6.45) is 1.72. The van der Waals surface area contributed by atoms with Crippen molar-refractivity contribution in [1.29, 1.82) is 0 Å². The van der Waals surface area contributed by atoms with Crippen LogP contribution in [0.15, 0.2) is 36.0 Å². The van der Waals surface area contributed by atoms with Crippen molar-refractivity contribution >= 4 is 23.0 Å². The van der Waals surface area contributed by atoms with Gasteiger partial charge in [-0.3, -0.25) is 5.43 Å². The Kier molecular flexibility index (Phi) is 6.52. The molecule has 1 rings (SSSR count). The zero-order valence-electron chi connectivity index (χ0n) is 11.9. The normalized spacial score (nSPS) is 10.7. The van der Waals surface area contributed by atoms with Crippen LogP contribution >= 0.6 is 12.2 Å². The molecule has 0 heterocycles. The van der Waals surface area contributed by atoms with Gasteiger partial charge in [0.05, 0.1) is 19.9 Å². The van der Waals surface area contributed by atoms with Crippen LogP contribution in [0, 0.1) is 0 Å². The first-order valence-corrected chi connectivity index (χ1v) is 6.44. The van der Waals surface area contributed by atoms with Crippen LogP contribution in [0.4, 0.5) is 0 Å². The van der Waals surface area contributed by atoms with Crippen LogP contribution in [-0.2, 0) is 0 Å². The molecule has 0 aliphatic rings. The number of thiocarbonyl (C=S) groups is 1. The molecule has 0 aliphatic heterocycles. The van der Waals surface area contributed by atoms with E-state index in [2.05, 4.69) is 22.4 Å². The Bertz CT molecular complexity index is 515. The summed E-state index contributed by atoms with van der Waals surface area (Å²) < 4.78 is 10.4. The predicted molar refractivity (Wildman–Crippen MR) is 85.7 cm³/mol. The molecule has 1 aromatic rings. The Morgan fingerprint density at radius 2 is 2.05 bits per heavy atom. The number of nitrogens with zero attached hydrogens (tertiary/aromatic N) is 1. The molecule has 108 valence electrons. The summed E-state index contributed by atoms with van der Waals surface area (Å²) in [6.45, 7) is 6.07. The van der Waals surface area contributed by atoms with Gasteiger partial charge in [0.2, 0.25) is 0 Å². The molecule has 0 atom stereocenters. The van der Waals surface area contributed by atoms with E-state index in [0.717, 1.165) is 11.3 Å². The van der Waals surface area contributed by atoms with Crippen molar-refractivity contribution in [3.63, 3.8) is 0 Å². The third-order valence-electron chi connectivity index (χ3n) is 2.53. The van der Waals surface area contributed by atoms with Gasteiger partial charge in [-0.25, -0.2) is 0 Å². The van der Waals surface area contributed by atoms with E-state index in [0.29, 0.717) is 23.2 Å². The summed E-state index contributed by atoms with van der Waals surface area (Å²) in [5.74, 6) is 1.34. The van der Waals surface area contributed by atoms with Crippen LogP contribution in [0.1, 0.15) is 12.5 Å². The van der Waals surface area contributed by atoms with Crippen LogP contribution in [0.5, 0.6) is 11.5 Å². The summed E-state index contributed by atoms with van der Waals surface area (Å²) in [5.41, 5.74) is 4.47. The Balaban J connectivity index is 2.78. The molecular weight excluding hydrogens is 274 g/mol. The van der Waals surface area contributed by atoms with Gasteiger partial charge in [0.15, 0.2) is 16.6 Å². The first kappa shape index (κ1) is 16.0. The molecule has 0 bridgehead atoms. The minimum absolute atomic E-state index is 0.449. The lowest BCUT2D eigenvalue weighted by molar-refractivity contribution is 0.355. The van der Waals surface area contributed by atoms with Gasteiger partial charge in [0, 0.05) is 12.1 Å². The second-order valence-electron chi connectivity index (χ2n) is 3.88. The zero-order valence-corrected chi connectivity index (χ0v) is 12.7. The Morgan fingerprint density at radius 1 is 1.35 bits per heavy atom. The SMILES string of the molecule is C=CCNC(=S)N/N=C(/C)c1ccc(OC)c(OC)c1. The van der Waals surface area contributed by atoms with Crippen LogP contribution < -0.4 is 20.2 Å². The molecule has 0 aromatic heterocycles. The van der Waals surface area contributed by atoms with Crippen molar-refractivity contribution in [3.05, 3.63) is 36.4 Å². The molecule has 0 unspecified atom stereocenters. The lowest BCUT2D eigenvalue weighted by Crippen LogP contribution is -2.32. The molecule has 1 aromatic carbocycles. The fourth-order valence-electron chi connectivity index (χ4n) is 1.46. The molecule has 5 nitrogen and oxygen atoms in total. The lowest BCUT2D eigenvalue weighted by atomic mass is 10.1. The van der Waals surface area contributed by atoms with E-state index in [1.165, 1.54) is 0 Å². The first-order chi connectivity index (χ1) is 9.62. The quantitative estimate of drug-likeness (QED) is 0.364. The number of hydrogen-bond acceptors (Lipinski definition) is 4. The number of hydrogen-bond donors (Lipinski definition) is 2. The van der Waals surface area contributed by atoms with Crippen molar-refractivity contribution in [2.45, 2.75) is 6.92 Å². The standard InChI is InChI=1S/C14H19N3O2S/c1-5-8-15-14(20)17-16-10(2)11-6-7-12(18-3)13(9-11)19-4/h5-7,9H,1,8H2,2-4H3,(H2,15,17,20)/b16-10-. The Labute approximate surface area is 124 Å². The molecule has 20 heavy (non-hydrogen) atoms. The fourth-order valence-corrected chi connectivity index (χ4v) is 1.59. The monoisotopic (exact) mass is 293 g/mol. The van der Waals surface area contributed by atoms with E-state index in [1.807, 2.05) is 25.1 Å². The molecular formula is C14H19N3O2S. The number of methoxy groups -OCH3 is 2. The van der Waals surface area contributed by atoms with Crippen molar-refractivity contribution in [1.82, 2.24) is 10.7 Å². The Hall–Kier alpha value is -2.08. The molecule has 2 N–H and O–H groups in total. The number of benzene rings is 1. The summed E-state index contributed by atoms with van der Waals surface area (Å²) in [7, 11) is 3.20. The van der Waals surface area contributed by atoms with Gasteiger partial charge in [-0.05, 0) is 37.3 Å². The van der Waals surface area contributed by atoms with Crippen LogP contribution in [0.3, 0.4) is 0 Å². The fraction of sp³-hybridized carbons (Fsp3) is 0.286. The van der Waals surface area contributed by atoms with Crippen molar-refractivity contribution in [2.24, 2.45) is 5.10 Å². The number of ether oxygens (including phenoxy) is 2. The first-order valence-electron chi connectivity index (χ1n) is 6.03. The van der Waals surface area contributed by atoms with Crippen LogP contribution in [-0.4, -0.2) is 31.6 Å². The van der Waals surface area contributed by atoms with Gasteiger partial charge < -0.3 is 14.8 Å². The second kappa shape index (κ2) is 8.16. The minimum atomic E-state index is 0.449. The Morgan fingerprint density at radius 3 is 2.65 bits per heavy atom. The summed E-state index contributed by atoms with van der Waals surface area (Å²) >= 11 is 5.05. The van der Waals surface area contributed by atoms with E-state index in [9.17, 15) is 0 Å². The smallest absolute Gasteiger partial charge is 0.187 e. The summed E-state index contributed by atoms with van der Waals surface area (Å²) in [6, 6.07) is 5.60. The molecule has 0 aliphatic carbocycles. The maximum Gasteiger partial charge on any atom is 0.187 e. The highest BCUT2D eigenvalue weighted by Crippen LogP contribution is 2.27. The second-order valence-corrected chi connectivity index (χ2v) is 4.29. The third-order valence-corrected chi connectivity index (χ3v) is 2.77. The van der Waals surface area contributed by atoms with Gasteiger partial charge >= 0.3 is 0 Å². The van der Waals surface area contributed by atoms with E-state index in [-0.39, 0.29) is 0 Å². The maximum absolute atomic E-state index is 5.26. The number of nitrogens with one attached hydrogen (secondary N) is 2. The molecule has 0 saturated carbocycles. The molecule has 6 heteroatoms. The van der Waals surface area contributed by atoms with E-state index in [1.54, 1.807) is 20.3 Å². The highest BCUT2D eigenvalue weighted by molar-refractivity contribution is 7.80. The molecule has 0 saturated heterocycles.